The molecule has 1 amide bonds. The van der Waals surface area contributed by atoms with E-state index in [9.17, 15) is 4.79 Å². The maximum atomic E-state index is 11.2. The fourth-order valence-electron chi connectivity index (χ4n) is 3.06. The van der Waals surface area contributed by atoms with Gasteiger partial charge in [0.15, 0.2) is 0 Å². The van der Waals surface area contributed by atoms with Crippen molar-refractivity contribution in [2.75, 3.05) is 13.1 Å². The molecule has 80 valence electrons. The second-order valence-electron chi connectivity index (χ2n) is 5.60. The van der Waals surface area contributed by atoms with E-state index in [2.05, 4.69) is 13.8 Å². The van der Waals surface area contributed by atoms with Gasteiger partial charge in [-0.1, -0.05) is 13.8 Å². The number of hydrogen-bond acceptors (Lipinski definition) is 1. The lowest BCUT2D eigenvalue weighted by atomic mass is 9.58. The third kappa shape index (κ3) is 1.55. The van der Waals surface area contributed by atoms with Crippen molar-refractivity contribution in [1.82, 2.24) is 4.90 Å². The van der Waals surface area contributed by atoms with E-state index in [0.29, 0.717) is 5.41 Å². The van der Waals surface area contributed by atoms with Gasteiger partial charge < -0.3 is 4.90 Å². The molecule has 0 radical (unpaired) electrons. The molecule has 0 aromatic heterocycles. The summed E-state index contributed by atoms with van der Waals surface area (Å²) >= 11 is 0. The van der Waals surface area contributed by atoms with E-state index < -0.39 is 0 Å². The van der Waals surface area contributed by atoms with Gasteiger partial charge in [-0.15, -0.1) is 0 Å². The summed E-state index contributed by atoms with van der Waals surface area (Å²) in [7, 11) is 0. The highest BCUT2D eigenvalue weighted by Gasteiger charge is 2.49. The Morgan fingerprint density at radius 1 is 1.43 bits per heavy atom. The Labute approximate surface area is 86.7 Å². The fraction of sp³-hybridized carbons (Fsp3) is 0.917. The van der Waals surface area contributed by atoms with E-state index >= 15 is 0 Å². The molecule has 1 spiro atoms. The molecular weight excluding hydrogens is 174 g/mol. The van der Waals surface area contributed by atoms with Crippen LogP contribution in [0.3, 0.4) is 0 Å². The van der Waals surface area contributed by atoms with Crippen LogP contribution in [0.1, 0.15) is 40.0 Å². The minimum Gasteiger partial charge on any atom is -0.342 e. The summed E-state index contributed by atoms with van der Waals surface area (Å²) in [6.07, 6.45) is 3.96. The predicted octanol–water partition coefficient (Wildman–Crippen LogP) is 2.29. The molecule has 1 saturated heterocycles. The molecule has 1 aliphatic carbocycles. The maximum Gasteiger partial charge on any atom is 0.219 e. The summed E-state index contributed by atoms with van der Waals surface area (Å²) in [4.78, 5) is 13.2. The lowest BCUT2D eigenvalue weighted by Gasteiger charge is -2.47. The molecule has 0 aromatic rings. The van der Waals surface area contributed by atoms with Gasteiger partial charge in [0.1, 0.15) is 0 Å². The molecular formula is C12H21NO. The number of likely N-dealkylation sites (tertiary alicyclic amines) is 1. The van der Waals surface area contributed by atoms with Crippen LogP contribution in [0.5, 0.6) is 0 Å². The fourth-order valence-corrected chi connectivity index (χ4v) is 3.06. The Bertz CT molecular complexity index is 241. The van der Waals surface area contributed by atoms with Crippen molar-refractivity contribution in [2.45, 2.75) is 40.0 Å². The zero-order chi connectivity index (χ0) is 10.3. The van der Waals surface area contributed by atoms with Crippen molar-refractivity contribution < 1.29 is 4.79 Å². The Morgan fingerprint density at radius 2 is 2.07 bits per heavy atom. The molecule has 2 rings (SSSR count). The Kier molecular flexibility index (Phi) is 2.32. The topological polar surface area (TPSA) is 20.3 Å². The highest BCUT2D eigenvalue weighted by molar-refractivity contribution is 5.73. The Hall–Kier alpha value is -0.530. The quantitative estimate of drug-likeness (QED) is 0.628. The molecule has 14 heavy (non-hydrogen) atoms. The summed E-state index contributed by atoms with van der Waals surface area (Å²) in [5.41, 5.74) is 0.528. The molecule has 2 nitrogen and oxygen atoms in total. The smallest absolute Gasteiger partial charge is 0.219 e. The van der Waals surface area contributed by atoms with E-state index in [-0.39, 0.29) is 5.91 Å². The van der Waals surface area contributed by atoms with E-state index in [1.807, 2.05) is 4.90 Å². The minimum absolute atomic E-state index is 0.259. The average Bonchev–Trinajstić information content (AvgIpc) is 2.44. The minimum atomic E-state index is 0.259. The zero-order valence-corrected chi connectivity index (χ0v) is 9.55. The number of rotatable bonds is 1. The SMILES string of the molecule is CC(=O)N1CCC2(CC(C(C)C)C2)C1. The highest BCUT2D eigenvalue weighted by atomic mass is 16.2. The summed E-state index contributed by atoms with van der Waals surface area (Å²) in [5.74, 6) is 2.00. The van der Waals surface area contributed by atoms with Gasteiger partial charge in [0.05, 0.1) is 0 Å². The van der Waals surface area contributed by atoms with Crippen molar-refractivity contribution in [1.29, 1.82) is 0 Å². The van der Waals surface area contributed by atoms with Gasteiger partial charge in [0, 0.05) is 20.0 Å². The molecule has 2 aliphatic rings. The van der Waals surface area contributed by atoms with Crippen LogP contribution >= 0.6 is 0 Å². The number of carbonyl (C=O) groups is 1. The van der Waals surface area contributed by atoms with Crippen molar-refractivity contribution >= 4 is 5.91 Å². The molecule has 1 aliphatic heterocycles. The van der Waals surface area contributed by atoms with Crippen molar-refractivity contribution in [3.05, 3.63) is 0 Å². The second-order valence-corrected chi connectivity index (χ2v) is 5.60. The normalized spacial score (nSPS) is 36.6. The first-order valence-electron chi connectivity index (χ1n) is 5.78. The van der Waals surface area contributed by atoms with Gasteiger partial charge in [-0.2, -0.15) is 0 Å². The standard InChI is InChI=1S/C12H21NO/c1-9(2)11-6-12(7-11)4-5-13(8-12)10(3)14/h9,11H,4-8H2,1-3H3. The van der Waals surface area contributed by atoms with Crippen LogP contribution in [-0.4, -0.2) is 23.9 Å². The molecule has 1 heterocycles. The lowest BCUT2D eigenvalue weighted by molar-refractivity contribution is -0.128. The second kappa shape index (κ2) is 3.25. The van der Waals surface area contributed by atoms with Gasteiger partial charge in [-0.05, 0) is 36.5 Å². The number of amides is 1. The third-order valence-electron chi connectivity index (χ3n) is 4.22. The van der Waals surface area contributed by atoms with E-state index in [1.54, 1.807) is 6.92 Å². The van der Waals surface area contributed by atoms with E-state index in [4.69, 9.17) is 0 Å². The Balaban J connectivity index is 1.88. The molecule has 2 fully saturated rings. The van der Waals surface area contributed by atoms with Crippen LogP contribution in [0.2, 0.25) is 0 Å². The third-order valence-corrected chi connectivity index (χ3v) is 4.22. The van der Waals surface area contributed by atoms with Gasteiger partial charge in [-0.3, -0.25) is 4.79 Å². The van der Waals surface area contributed by atoms with Crippen LogP contribution in [0.15, 0.2) is 0 Å². The Morgan fingerprint density at radius 3 is 2.50 bits per heavy atom. The van der Waals surface area contributed by atoms with Crippen molar-refractivity contribution in [3.8, 4) is 0 Å². The first-order valence-corrected chi connectivity index (χ1v) is 5.78. The van der Waals surface area contributed by atoms with Crippen molar-refractivity contribution in [2.24, 2.45) is 17.3 Å². The van der Waals surface area contributed by atoms with Crippen LogP contribution in [-0.2, 0) is 4.79 Å². The van der Waals surface area contributed by atoms with Gasteiger partial charge in [0.25, 0.3) is 0 Å². The molecule has 1 saturated carbocycles. The zero-order valence-electron chi connectivity index (χ0n) is 9.55. The number of carbonyl (C=O) groups excluding carboxylic acids is 1. The van der Waals surface area contributed by atoms with Crippen molar-refractivity contribution in [3.63, 3.8) is 0 Å². The van der Waals surface area contributed by atoms with Crippen LogP contribution in [0.4, 0.5) is 0 Å². The van der Waals surface area contributed by atoms with E-state index in [0.717, 1.165) is 24.9 Å². The molecule has 0 bridgehead atoms. The largest absolute Gasteiger partial charge is 0.342 e. The van der Waals surface area contributed by atoms with Crippen LogP contribution in [0, 0.1) is 17.3 Å². The summed E-state index contributed by atoms with van der Waals surface area (Å²) < 4.78 is 0. The number of nitrogens with zero attached hydrogens (tertiary/aromatic N) is 1. The first-order chi connectivity index (χ1) is 6.52. The average molecular weight is 195 g/mol. The molecule has 0 N–H and O–H groups in total. The van der Waals surface area contributed by atoms with Crippen LogP contribution in [0.25, 0.3) is 0 Å². The molecule has 2 heteroatoms. The van der Waals surface area contributed by atoms with Gasteiger partial charge in [0.2, 0.25) is 5.91 Å². The molecule has 0 unspecified atom stereocenters. The summed E-state index contributed by atoms with van der Waals surface area (Å²) in [5, 5.41) is 0. The number of hydrogen-bond donors (Lipinski definition) is 0. The van der Waals surface area contributed by atoms with Gasteiger partial charge in [-0.25, -0.2) is 0 Å². The first kappa shape index (κ1) is 10.0. The summed E-state index contributed by atoms with van der Waals surface area (Å²) in [6.45, 7) is 8.35. The maximum absolute atomic E-state index is 11.2. The van der Waals surface area contributed by atoms with Crippen LogP contribution < -0.4 is 0 Å². The summed E-state index contributed by atoms with van der Waals surface area (Å²) in [6, 6.07) is 0. The predicted molar refractivity (Wildman–Crippen MR) is 56.9 cm³/mol. The lowest BCUT2D eigenvalue weighted by Crippen LogP contribution is -2.42. The molecule has 0 aromatic carbocycles. The monoisotopic (exact) mass is 195 g/mol. The van der Waals surface area contributed by atoms with Gasteiger partial charge >= 0.3 is 0 Å². The molecule has 0 atom stereocenters. The highest BCUT2D eigenvalue weighted by Crippen LogP contribution is 2.53. The van der Waals surface area contributed by atoms with E-state index in [1.165, 1.54) is 19.3 Å².